The van der Waals surface area contributed by atoms with E-state index < -0.39 is 17.7 Å². The van der Waals surface area contributed by atoms with E-state index in [0.717, 1.165) is 12.1 Å². The zero-order valence-electron chi connectivity index (χ0n) is 10.9. The molecule has 108 valence electrons. The second-order valence-corrected chi connectivity index (χ2v) is 4.06. The van der Waals surface area contributed by atoms with Crippen molar-refractivity contribution in [2.24, 2.45) is 0 Å². The molecule has 0 fully saturated rings. The molecule has 6 heteroatoms. The maximum Gasteiger partial charge on any atom is 0.349 e. The van der Waals surface area contributed by atoms with Gasteiger partial charge in [0.1, 0.15) is 22.8 Å². The predicted octanol–water partition coefficient (Wildman–Crippen LogP) is 2.07. The van der Waals surface area contributed by atoms with Gasteiger partial charge in [-0.3, -0.25) is 0 Å². The second-order valence-electron chi connectivity index (χ2n) is 4.06. The number of carboxylic acid groups (broad SMARTS) is 1. The highest BCUT2D eigenvalue weighted by molar-refractivity contribution is 5.91. The van der Waals surface area contributed by atoms with E-state index >= 15 is 0 Å². The first-order valence-corrected chi connectivity index (χ1v) is 6.01. The van der Waals surface area contributed by atoms with Gasteiger partial charge in [-0.1, -0.05) is 18.2 Å². The number of aromatic hydroxyl groups is 1. The summed E-state index contributed by atoms with van der Waals surface area (Å²) in [6.07, 6.45) is 0. The molecule has 0 heterocycles. The Kier molecular flexibility index (Phi) is 4.40. The molecule has 0 aliphatic carbocycles. The second kappa shape index (κ2) is 6.42. The highest BCUT2D eigenvalue weighted by atomic mass is 16.6. The summed E-state index contributed by atoms with van der Waals surface area (Å²) >= 11 is 0. The van der Waals surface area contributed by atoms with Gasteiger partial charge in [0, 0.05) is 6.07 Å². The number of rotatable bonds is 5. The molecule has 0 aromatic heterocycles. The van der Waals surface area contributed by atoms with Gasteiger partial charge < -0.3 is 19.7 Å². The van der Waals surface area contributed by atoms with Gasteiger partial charge in [0.25, 0.3) is 0 Å². The van der Waals surface area contributed by atoms with E-state index in [2.05, 4.69) is 0 Å². The monoisotopic (exact) mass is 288 g/mol. The van der Waals surface area contributed by atoms with Crippen molar-refractivity contribution < 1.29 is 29.3 Å². The smallest absolute Gasteiger partial charge is 0.349 e. The number of para-hydroxylation sites is 1. The molecule has 0 aliphatic heterocycles. The first-order valence-electron chi connectivity index (χ1n) is 6.01. The molecule has 0 unspecified atom stereocenters. The number of aromatic carboxylic acids is 1. The standard InChI is InChI=1S/C15H12O6/c16-13-8-11(6-7-12(13)15(18)19)21-14(17)9-20-10-4-2-1-3-5-10/h1-8,16H,9H2,(H,18,19). The number of hydrogen-bond acceptors (Lipinski definition) is 5. The van der Waals surface area contributed by atoms with Gasteiger partial charge in [-0.05, 0) is 24.3 Å². The molecule has 0 saturated carbocycles. The maximum absolute atomic E-state index is 11.6. The van der Waals surface area contributed by atoms with Crippen LogP contribution in [0.2, 0.25) is 0 Å². The lowest BCUT2D eigenvalue weighted by Gasteiger charge is -2.07. The molecule has 0 atom stereocenters. The van der Waals surface area contributed by atoms with E-state index in [1.54, 1.807) is 24.3 Å². The molecule has 0 aliphatic rings. The molecule has 0 spiro atoms. The SMILES string of the molecule is O=C(COc1ccccc1)Oc1ccc(C(=O)O)c(O)c1. The largest absolute Gasteiger partial charge is 0.507 e. The van der Waals surface area contributed by atoms with Gasteiger partial charge in [-0.25, -0.2) is 9.59 Å². The van der Waals surface area contributed by atoms with Gasteiger partial charge in [0.2, 0.25) is 0 Å². The highest BCUT2D eigenvalue weighted by Gasteiger charge is 2.12. The number of carboxylic acids is 1. The molecule has 2 aromatic carbocycles. The highest BCUT2D eigenvalue weighted by Crippen LogP contribution is 2.23. The molecule has 2 rings (SSSR count). The van der Waals surface area contributed by atoms with Crippen LogP contribution in [0.25, 0.3) is 0 Å². The molecule has 6 nitrogen and oxygen atoms in total. The fraction of sp³-hybridized carbons (Fsp3) is 0.0667. The van der Waals surface area contributed by atoms with E-state index in [1.807, 2.05) is 6.07 Å². The van der Waals surface area contributed by atoms with Crippen LogP contribution < -0.4 is 9.47 Å². The van der Waals surface area contributed by atoms with E-state index in [1.165, 1.54) is 6.07 Å². The number of ether oxygens (including phenoxy) is 2. The van der Waals surface area contributed by atoms with Crippen LogP contribution in [-0.4, -0.2) is 28.8 Å². The average molecular weight is 288 g/mol. The number of carbonyl (C=O) groups is 2. The zero-order chi connectivity index (χ0) is 15.2. The summed E-state index contributed by atoms with van der Waals surface area (Å²) < 4.78 is 10.1. The Morgan fingerprint density at radius 3 is 2.33 bits per heavy atom. The third-order valence-corrected chi connectivity index (χ3v) is 2.53. The van der Waals surface area contributed by atoms with Crippen LogP contribution in [0.3, 0.4) is 0 Å². The Morgan fingerprint density at radius 2 is 1.71 bits per heavy atom. The van der Waals surface area contributed by atoms with Crippen molar-refractivity contribution in [2.45, 2.75) is 0 Å². The summed E-state index contributed by atoms with van der Waals surface area (Å²) in [5, 5.41) is 18.2. The van der Waals surface area contributed by atoms with E-state index in [-0.39, 0.29) is 17.9 Å². The lowest BCUT2D eigenvalue weighted by molar-refractivity contribution is -0.136. The summed E-state index contributed by atoms with van der Waals surface area (Å²) in [5.41, 5.74) is -0.268. The van der Waals surface area contributed by atoms with Crippen molar-refractivity contribution in [3.05, 3.63) is 54.1 Å². The van der Waals surface area contributed by atoms with E-state index in [9.17, 15) is 14.7 Å². The first-order chi connectivity index (χ1) is 10.1. The lowest BCUT2D eigenvalue weighted by atomic mass is 10.2. The summed E-state index contributed by atoms with van der Waals surface area (Å²) in [4.78, 5) is 22.3. The summed E-state index contributed by atoms with van der Waals surface area (Å²) in [5.74, 6) is -1.84. The fourth-order valence-electron chi connectivity index (χ4n) is 1.58. The molecule has 0 saturated heterocycles. The zero-order valence-corrected chi connectivity index (χ0v) is 10.9. The van der Waals surface area contributed by atoms with Crippen LogP contribution in [0.4, 0.5) is 0 Å². The van der Waals surface area contributed by atoms with Crippen molar-refractivity contribution in [1.82, 2.24) is 0 Å². The van der Waals surface area contributed by atoms with Gasteiger partial charge in [-0.15, -0.1) is 0 Å². The number of phenols is 1. The van der Waals surface area contributed by atoms with Crippen molar-refractivity contribution in [1.29, 1.82) is 0 Å². The molecular formula is C15H12O6. The Morgan fingerprint density at radius 1 is 1.00 bits per heavy atom. The van der Waals surface area contributed by atoms with Gasteiger partial charge in [0.05, 0.1) is 0 Å². The number of carbonyl (C=O) groups excluding carboxylic acids is 1. The molecule has 0 amide bonds. The molecule has 2 N–H and O–H groups in total. The summed E-state index contributed by atoms with van der Waals surface area (Å²) in [7, 11) is 0. The first kappa shape index (κ1) is 14.4. The van der Waals surface area contributed by atoms with E-state index in [4.69, 9.17) is 14.6 Å². The minimum atomic E-state index is -1.27. The quantitative estimate of drug-likeness (QED) is 0.646. The van der Waals surface area contributed by atoms with Crippen LogP contribution in [0.1, 0.15) is 10.4 Å². The number of hydrogen-bond donors (Lipinski definition) is 2. The molecule has 0 bridgehead atoms. The fourth-order valence-corrected chi connectivity index (χ4v) is 1.58. The van der Waals surface area contributed by atoms with Crippen molar-refractivity contribution >= 4 is 11.9 Å². The minimum Gasteiger partial charge on any atom is -0.507 e. The summed E-state index contributed by atoms with van der Waals surface area (Å²) in [6.45, 7) is -0.300. The Balaban J connectivity index is 1.94. The molecule has 0 radical (unpaired) electrons. The van der Waals surface area contributed by atoms with Gasteiger partial charge >= 0.3 is 11.9 Å². The predicted molar refractivity (Wildman–Crippen MR) is 72.6 cm³/mol. The van der Waals surface area contributed by atoms with Crippen LogP contribution in [0.5, 0.6) is 17.2 Å². The molecular weight excluding hydrogens is 276 g/mol. The van der Waals surface area contributed by atoms with Gasteiger partial charge in [0.15, 0.2) is 6.61 Å². The third kappa shape index (κ3) is 3.97. The molecule has 2 aromatic rings. The minimum absolute atomic E-state index is 0.0409. The normalized spacial score (nSPS) is 9.90. The van der Waals surface area contributed by atoms with Crippen LogP contribution >= 0.6 is 0 Å². The third-order valence-electron chi connectivity index (χ3n) is 2.53. The summed E-state index contributed by atoms with van der Waals surface area (Å²) in [6, 6.07) is 12.2. The van der Waals surface area contributed by atoms with Gasteiger partial charge in [-0.2, -0.15) is 0 Å². The van der Waals surface area contributed by atoms with Crippen LogP contribution in [0.15, 0.2) is 48.5 Å². The van der Waals surface area contributed by atoms with E-state index in [0.29, 0.717) is 5.75 Å². The van der Waals surface area contributed by atoms with Crippen molar-refractivity contribution in [3.63, 3.8) is 0 Å². The number of esters is 1. The number of benzene rings is 2. The van der Waals surface area contributed by atoms with Crippen molar-refractivity contribution in [2.75, 3.05) is 6.61 Å². The average Bonchev–Trinajstić information content (AvgIpc) is 2.46. The topological polar surface area (TPSA) is 93.1 Å². The van der Waals surface area contributed by atoms with Crippen LogP contribution in [0, 0.1) is 0 Å². The Labute approximate surface area is 120 Å². The molecule has 21 heavy (non-hydrogen) atoms. The maximum atomic E-state index is 11.6. The Bertz CT molecular complexity index is 650. The lowest BCUT2D eigenvalue weighted by Crippen LogP contribution is -2.17. The van der Waals surface area contributed by atoms with Crippen LogP contribution in [-0.2, 0) is 4.79 Å². The van der Waals surface area contributed by atoms with Crippen molar-refractivity contribution in [3.8, 4) is 17.2 Å². The Hall–Kier alpha value is -3.02.